The summed E-state index contributed by atoms with van der Waals surface area (Å²) in [5, 5.41) is 5.41. The lowest BCUT2D eigenvalue weighted by molar-refractivity contribution is 0.0952. The average Bonchev–Trinajstić information content (AvgIpc) is 2.48. The predicted molar refractivity (Wildman–Crippen MR) is 112 cm³/mol. The van der Waals surface area contributed by atoms with E-state index in [4.69, 9.17) is 17.2 Å². The maximum atomic E-state index is 12.3. The average molecular weight is 643 g/mol. The Morgan fingerprint density at radius 2 is 1.18 bits per heavy atom. The van der Waals surface area contributed by atoms with Crippen LogP contribution in [0.15, 0.2) is 0 Å². The predicted octanol–water partition coefficient (Wildman–Crippen LogP) is 0.460. The van der Waals surface area contributed by atoms with Gasteiger partial charge in [0.15, 0.2) is 0 Å². The number of nitrogen functional groups attached to an aromatic ring is 1. The van der Waals surface area contributed by atoms with Crippen molar-refractivity contribution >= 4 is 85.3 Å². The molecule has 0 fully saturated rings. The highest BCUT2D eigenvalue weighted by Crippen LogP contribution is 2.33. The van der Waals surface area contributed by atoms with Crippen molar-refractivity contribution in [2.24, 2.45) is 11.5 Å². The fourth-order valence-corrected chi connectivity index (χ4v) is 5.78. The van der Waals surface area contributed by atoms with Gasteiger partial charge in [0.1, 0.15) is 0 Å². The molecule has 0 aliphatic heterocycles. The van der Waals surface area contributed by atoms with Crippen molar-refractivity contribution in [1.82, 2.24) is 10.6 Å². The minimum absolute atomic E-state index is 0.296. The Morgan fingerprint density at radius 3 is 1.50 bits per heavy atom. The van der Waals surface area contributed by atoms with E-state index in [1.807, 2.05) is 67.8 Å². The number of benzene rings is 1. The second-order valence-electron chi connectivity index (χ2n) is 4.19. The van der Waals surface area contributed by atoms with Gasteiger partial charge in [-0.3, -0.25) is 9.59 Å². The largest absolute Gasteiger partial charge is 0.397 e. The zero-order valence-corrected chi connectivity index (χ0v) is 18.0. The summed E-state index contributed by atoms with van der Waals surface area (Å²) in [6, 6.07) is 0. The van der Waals surface area contributed by atoms with Gasteiger partial charge in [-0.15, -0.1) is 0 Å². The van der Waals surface area contributed by atoms with Gasteiger partial charge in [-0.2, -0.15) is 0 Å². The molecule has 2 amide bonds. The van der Waals surface area contributed by atoms with E-state index < -0.39 is 0 Å². The second-order valence-corrected chi connectivity index (χ2v) is 7.43. The Morgan fingerprint density at radius 1 is 0.818 bits per heavy atom. The molecule has 1 aromatic carbocycles. The summed E-state index contributed by atoms with van der Waals surface area (Å²) < 4.78 is 1.80. The van der Waals surface area contributed by atoms with Gasteiger partial charge in [0, 0.05) is 29.7 Å². The zero-order valence-electron chi connectivity index (χ0n) is 11.5. The van der Waals surface area contributed by atoms with Crippen LogP contribution in [-0.4, -0.2) is 38.0 Å². The van der Waals surface area contributed by atoms with Crippen molar-refractivity contribution in [3.05, 3.63) is 21.8 Å². The summed E-state index contributed by atoms with van der Waals surface area (Å²) in [5.41, 5.74) is 18.1. The van der Waals surface area contributed by atoms with Crippen LogP contribution in [0.1, 0.15) is 20.7 Å². The van der Waals surface area contributed by atoms with E-state index in [9.17, 15) is 9.59 Å². The van der Waals surface area contributed by atoms with E-state index in [2.05, 4.69) is 10.6 Å². The van der Waals surface area contributed by atoms with E-state index in [1.54, 1.807) is 0 Å². The van der Waals surface area contributed by atoms with Crippen molar-refractivity contribution in [2.45, 2.75) is 0 Å². The first-order valence-corrected chi connectivity index (χ1v) is 9.52. The van der Waals surface area contributed by atoms with Gasteiger partial charge in [0.2, 0.25) is 0 Å². The quantitative estimate of drug-likeness (QED) is 0.227. The molecule has 1 aromatic rings. The van der Waals surface area contributed by atoms with Crippen molar-refractivity contribution in [1.29, 1.82) is 0 Å². The molecule has 0 unspecified atom stereocenters. The molecule has 0 saturated heterocycles. The van der Waals surface area contributed by atoms with Crippen LogP contribution in [0.4, 0.5) is 5.69 Å². The summed E-state index contributed by atoms with van der Waals surface area (Å²) in [7, 11) is 0. The molecule has 0 aromatic heterocycles. The monoisotopic (exact) mass is 643 g/mol. The lowest BCUT2D eigenvalue weighted by Crippen LogP contribution is -2.33. The molecule has 7 nitrogen and oxygen atoms in total. The minimum Gasteiger partial charge on any atom is -0.397 e. The summed E-state index contributed by atoms with van der Waals surface area (Å²) in [4.78, 5) is 24.6. The Labute approximate surface area is 169 Å². The van der Waals surface area contributed by atoms with Crippen LogP contribution < -0.4 is 27.8 Å². The third-order valence-electron chi connectivity index (χ3n) is 2.66. The van der Waals surface area contributed by atoms with Gasteiger partial charge in [-0.25, -0.2) is 0 Å². The standard InChI is InChI=1S/C12H16I3N5O2/c13-7-5(11(21)19-3-1-16)8(14)10(18)9(15)6(7)12(22)20-4-2-17/h1-4,16-18H2,(H,19,21)(H,20,22). The molecular formula is C12H16I3N5O2. The van der Waals surface area contributed by atoms with Crippen LogP contribution in [0, 0.1) is 10.7 Å². The SMILES string of the molecule is NCCNC(=O)c1c(I)c(N)c(I)c(C(=O)NCCN)c1I. The molecule has 0 heterocycles. The maximum Gasteiger partial charge on any atom is 0.253 e. The number of rotatable bonds is 6. The first-order chi connectivity index (χ1) is 10.4. The lowest BCUT2D eigenvalue weighted by Gasteiger charge is -2.17. The molecule has 22 heavy (non-hydrogen) atoms. The Hall–Kier alpha value is 0.0700. The molecule has 122 valence electrons. The number of amides is 2. The molecule has 0 bridgehead atoms. The highest BCUT2D eigenvalue weighted by molar-refractivity contribution is 14.1. The van der Waals surface area contributed by atoms with Crippen LogP contribution in [0.2, 0.25) is 0 Å². The van der Waals surface area contributed by atoms with Crippen LogP contribution in [0.5, 0.6) is 0 Å². The smallest absolute Gasteiger partial charge is 0.253 e. The first kappa shape index (κ1) is 20.1. The molecule has 10 heteroatoms. The highest BCUT2D eigenvalue weighted by Gasteiger charge is 2.26. The van der Waals surface area contributed by atoms with Gasteiger partial charge in [0.05, 0.1) is 24.0 Å². The number of carbonyl (C=O) groups is 2. The molecule has 8 N–H and O–H groups in total. The topological polar surface area (TPSA) is 136 Å². The lowest BCUT2D eigenvalue weighted by atomic mass is 10.1. The van der Waals surface area contributed by atoms with Crippen LogP contribution >= 0.6 is 67.8 Å². The van der Waals surface area contributed by atoms with E-state index >= 15 is 0 Å². The number of hydrogen-bond donors (Lipinski definition) is 5. The molecule has 1 rings (SSSR count). The number of anilines is 1. The molecular weight excluding hydrogens is 627 g/mol. The maximum absolute atomic E-state index is 12.3. The fourth-order valence-electron chi connectivity index (χ4n) is 1.63. The molecule has 0 spiro atoms. The van der Waals surface area contributed by atoms with Crippen LogP contribution in [0.3, 0.4) is 0 Å². The van der Waals surface area contributed by atoms with Crippen molar-refractivity contribution in [2.75, 3.05) is 31.9 Å². The van der Waals surface area contributed by atoms with E-state index in [0.29, 0.717) is 53.7 Å². The van der Waals surface area contributed by atoms with Gasteiger partial charge in [0.25, 0.3) is 11.8 Å². The van der Waals surface area contributed by atoms with Crippen LogP contribution in [0.25, 0.3) is 0 Å². The normalized spacial score (nSPS) is 10.4. The minimum atomic E-state index is -0.296. The third kappa shape index (κ3) is 4.55. The summed E-state index contributed by atoms with van der Waals surface area (Å²) in [6.07, 6.45) is 0. The molecule has 0 atom stereocenters. The highest BCUT2D eigenvalue weighted by atomic mass is 127. The van der Waals surface area contributed by atoms with Crippen LogP contribution in [-0.2, 0) is 0 Å². The summed E-state index contributed by atoms with van der Waals surface area (Å²) in [6.45, 7) is 1.38. The molecule has 0 radical (unpaired) electrons. The Balaban J connectivity index is 3.37. The number of nitrogens with two attached hydrogens (primary N) is 3. The Kier molecular flexibility index (Phi) is 8.58. The molecule has 0 aliphatic rings. The van der Waals surface area contributed by atoms with Gasteiger partial charge >= 0.3 is 0 Å². The summed E-state index contributed by atoms with van der Waals surface area (Å²) >= 11 is 6.02. The fraction of sp³-hybridized carbons (Fsp3) is 0.333. The number of nitrogens with one attached hydrogen (secondary N) is 2. The molecule has 0 saturated carbocycles. The first-order valence-electron chi connectivity index (χ1n) is 6.29. The van der Waals surface area contributed by atoms with Crippen molar-refractivity contribution in [3.8, 4) is 0 Å². The Bertz CT molecular complexity index is 548. The zero-order chi connectivity index (χ0) is 16.9. The van der Waals surface area contributed by atoms with Crippen molar-refractivity contribution < 1.29 is 9.59 Å². The summed E-state index contributed by atoms with van der Waals surface area (Å²) in [5.74, 6) is -0.592. The third-order valence-corrected chi connectivity index (χ3v) is 5.98. The molecule has 0 aliphatic carbocycles. The second kappa shape index (κ2) is 9.39. The van der Waals surface area contributed by atoms with Gasteiger partial charge in [-0.05, 0) is 67.8 Å². The number of halogens is 3. The van der Waals surface area contributed by atoms with E-state index in [1.165, 1.54) is 0 Å². The van der Waals surface area contributed by atoms with E-state index in [0.717, 1.165) is 0 Å². The van der Waals surface area contributed by atoms with Crippen molar-refractivity contribution in [3.63, 3.8) is 0 Å². The number of hydrogen-bond acceptors (Lipinski definition) is 5. The van der Waals surface area contributed by atoms with E-state index in [-0.39, 0.29) is 11.8 Å². The number of carbonyl (C=O) groups excluding carboxylic acids is 2. The van der Waals surface area contributed by atoms with Gasteiger partial charge < -0.3 is 27.8 Å². The van der Waals surface area contributed by atoms with Gasteiger partial charge in [-0.1, -0.05) is 0 Å².